The van der Waals surface area contributed by atoms with Gasteiger partial charge in [0.15, 0.2) is 0 Å². The minimum absolute atomic E-state index is 0.540. The van der Waals surface area contributed by atoms with E-state index in [4.69, 9.17) is 9.85 Å². The molecule has 206 valence electrons. The molecule has 1 N–H and O–H groups in total. The molecule has 0 amide bonds. The Labute approximate surface area is 239 Å². The molecule has 4 aromatic carbocycles. The molecular formula is C36H41N3O. The summed E-state index contributed by atoms with van der Waals surface area (Å²) in [7, 11) is 0. The predicted molar refractivity (Wildman–Crippen MR) is 164 cm³/mol. The number of hydrogen-bond donors (Lipinski definition) is 1. The van der Waals surface area contributed by atoms with E-state index in [0.29, 0.717) is 6.42 Å². The molecule has 6 rings (SSSR count). The molecule has 1 unspecified atom stereocenters. The Morgan fingerprint density at radius 2 is 1.15 bits per heavy atom. The van der Waals surface area contributed by atoms with Gasteiger partial charge in [-0.1, -0.05) is 102 Å². The minimum atomic E-state index is -0.622. The third kappa shape index (κ3) is 5.33. The molecule has 4 heteroatoms. The highest BCUT2D eigenvalue weighted by molar-refractivity contribution is 5.53. The number of nitrogens with one attached hydrogen (secondary N) is 1. The quantitative estimate of drug-likeness (QED) is 0.286. The summed E-state index contributed by atoms with van der Waals surface area (Å²) >= 11 is 0. The fourth-order valence-corrected chi connectivity index (χ4v) is 6.11. The molecule has 1 saturated heterocycles. The molecule has 1 atom stereocenters. The van der Waals surface area contributed by atoms with Crippen LogP contribution in [0.5, 0.6) is 0 Å². The summed E-state index contributed by atoms with van der Waals surface area (Å²) < 4.78 is 5.07. The van der Waals surface area contributed by atoms with E-state index in [-0.39, 0.29) is 0 Å². The van der Waals surface area contributed by atoms with Crippen molar-refractivity contribution in [3.05, 3.63) is 142 Å². The summed E-state index contributed by atoms with van der Waals surface area (Å²) in [4.78, 5) is 0. The Bertz CT molecular complexity index is 1380. The zero-order chi connectivity index (χ0) is 28.0. The van der Waals surface area contributed by atoms with Crippen molar-refractivity contribution in [2.45, 2.75) is 64.5 Å². The second-order valence-electron chi connectivity index (χ2n) is 11.1. The largest absolute Gasteiger partial charge is 0.381 e. The molecule has 0 radical (unpaired) electrons. The van der Waals surface area contributed by atoms with Crippen LogP contribution in [0.2, 0.25) is 0 Å². The SMILES string of the molecule is C1CCOCC1.Cc1cc(C2(c3ccccc3)CC(c3ccccc3)(c3ccccc3)N=NN2)c(C)c(C)c1C. The maximum absolute atomic E-state index is 5.07. The van der Waals surface area contributed by atoms with Gasteiger partial charge in [0.2, 0.25) is 0 Å². The maximum Gasteiger partial charge on any atom is 0.136 e. The Morgan fingerprint density at radius 3 is 1.62 bits per heavy atom. The monoisotopic (exact) mass is 531 g/mol. The van der Waals surface area contributed by atoms with Gasteiger partial charge in [-0.25, -0.2) is 0 Å². The van der Waals surface area contributed by atoms with Crippen molar-refractivity contribution in [2.24, 2.45) is 10.3 Å². The highest BCUT2D eigenvalue weighted by Crippen LogP contribution is 2.50. The van der Waals surface area contributed by atoms with Gasteiger partial charge in [-0.15, -0.1) is 0 Å². The van der Waals surface area contributed by atoms with E-state index >= 15 is 0 Å². The van der Waals surface area contributed by atoms with Crippen molar-refractivity contribution in [3.8, 4) is 0 Å². The van der Waals surface area contributed by atoms with E-state index in [9.17, 15) is 0 Å². The molecule has 0 saturated carbocycles. The van der Waals surface area contributed by atoms with Crippen molar-refractivity contribution in [3.63, 3.8) is 0 Å². The topological polar surface area (TPSA) is 46.0 Å². The third-order valence-corrected chi connectivity index (χ3v) is 8.77. The van der Waals surface area contributed by atoms with Gasteiger partial charge >= 0.3 is 0 Å². The maximum atomic E-state index is 5.07. The Hall–Kier alpha value is -3.76. The molecule has 0 bridgehead atoms. The smallest absolute Gasteiger partial charge is 0.136 e. The molecular weight excluding hydrogens is 490 g/mol. The number of rotatable bonds is 4. The van der Waals surface area contributed by atoms with Gasteiger partial charge in [-0.05, 0) is 91.5 Å². The first-order valence-electron chi connectivity index (χ1n) is 14.5. The summed E-state index contributed by atoms with van der Waals surface area (Å²) in [5, 5.41) is 9.64. The van der Waals surface area contributed by atoms with Crippen molar-refractivity contribution in [1.29, 1.82) is 0 Å². The first-order valence-corrected chi connectivity index (χ1v) is 14.5. The number of ether oxygens (including phenoxy) is 1. The average Bonchev–Trinajstić information content (AvgIpc) is 3.04. The molecule has 1 fully saturated rings. The third-order valence-electron chi connectivity index (χ3n) is 8.77. The van der Waals surface area contributed by atoms with Crippen molar-refractivity contribution >= 4 is 0 Å². The predicted octanol–water partition coefficient (Wildman–Crippen LogP) is 8.66. The molecule has 2 aliphatic rings. The lowest BCUT2D eigenvalue weighted by Gasteiger charge is -2.45. The molecule has 2 heterocycles. The van der Waals surface area contributed by atoms with E-state index in [1.54, 1.807) is 0 Å². The highest BCUT2D eigenvalue weighted by atomic mass is 16.5. The van der Waals surface area contributed by atoms with Crippen LogP contribution in [0, 0.1) is 27.7 Å². The zero-order valence-corrected chi connectivity index (χ0v) is 24.3. The lowest BCUT2D eigenvalue weighted by molar-refractivity contribution is 0.0968. The number of nitrogens with zero attached hydrogens (tertiary/aromatic N) is 2. The fourth-order valence-electron chi connectivity index (χ4n) is 6.11. The van der Waals surface area contributed by atoms with E-state index < -0.39 is 11.1 Å². The number of hydrogen-bond acceptors (Lipinski definition) is 4. The summed E-state index contributed by atoms with van der Waals surface area (Å²) in [6, 6.07) is 34.2. The second kappa shape index (κ2) is 12.2. The molecule has 0 spiro atoms. The van der Waals surface area contributed by atoms with E-state index in [2.05, 4.69) is 135 Å². The second-order valence-corrected chi connectivity index (χ2v) is 11.1. The van der Waals surface area contributed by atoms with Crippen LogP contribution >= 0.6 is 0 Å². The van der Waals surface area contributed by atoms with Crippen molar-refractivity contribution < 1.29 is 4.74 Å². The summed E-state index contributed by atoms with van der Waals surface area (Å²) in [5.74, 6) is 0. The van der Waals surface area contributed by atoms with Crippen LogP contribution in [0.3, 0.4) is 0 Å². The van der Waals surface area contributed by atoms with Crippen LogP contribution in [-0.2, 0) is 15.8 Å². The molecule has 0 aliphatic carbocycles. The standard InChI is InChI=1S/C31H31N3.C5H10O/c1-22-20-29(25(4)24(3)23(22)2)31(28-18-12-7-13-19-28)21-30(32-34-33-31,26-14-8-5-9-15-26)27-16-10-6-11-17-27;1-2-4-6-5-3-1/h5-20H,21H2,1-4H3,(H,32,33);1-5H2. The van der Waals surface area contributed by atoms with Crippen LogP contribution in [0.15, 0.2) is 107 Å². The van der Waals surface area contributed by atoms with E-state index in [1.165, 1.54) is 52.6 Å². The van der Waals surface area contributed by atoms with Gasteiger partial charge in [0, 0.05) is 19.6 Å². The normalized spacial score (nSPS) is 19.7. The Balaban J connectivity index is 0.000000477. The van der Waals surface area contributed by atoms with Gasteiger partial charge in [-0.2, -0.15) is 5.11 Å². The van der Waals surface area contributed by atoms with Crippen LogP contribution in [0.4, 0.5) is 0 Å². The minimum Gasteiger partial charge on any atom is -0.381 e. The van der Waals surface area contributed by atoms with Crippen molar-refractivity contribution in [2.75, 3.05) is 13.2 Å². The summed E-state index contributed by atoms with van der Waals surface area (Å²) in [6.45, 7) is 10.9. The molecule has 0 aromatic heterocycles. The van der Waals surface area contributed by atoms with Crippen LogP contribution < -0.4 is 5.43 Å². The molecule has 40 heavy (non-hydrogen) atoms. The van der Waals surface area contributed by atoms with Gasteiger partial charge in [-0.3, -0.25) is 5.43 Å². The summed E-state index contributed by atoms with van der Waals surface area (Å²) in [6.07, 6.45) is 4.64. The number of aryl methyl sites for hydroxylation is 1. The van der Waals surface area contributed by atoms with Crippen molar-refractivity contribution in [1.82, 2.24) is 5.43 Å². The van der Waals surface area contributed by atoms with Gasteiger partial charge < -0.3 is 4.74 Å². The fraction of sp³-hybridized carbons (Fsp3) is 0.333. The van der Waals surface area contributed by atoms with Crippen LogP contribution in [-0.4, -0.2) is 13.2 Å². The van der Waals surface area contributed by atoms with Gasteiger partial charge in [0.25, 0.3) is 0 Å². The lowest BCUT2D eigenvalue weighted by atomic mass is 9.67. The lowest BCUT2D eigenvalue weighted by Crippen LogP contribution is -2.50. The Morgan fingerprint density at radius 1 is 0.625 bits per heavy atom. The van der Waals surface area contributed by atoms with Crippen LogP contribution in [0.1, 0.15) is 70.2 Å². The Kier molecular flexibility index (Phi) is 8.46. The summed E-state index contributed by atoms with van der Waals surface area (Å²) in [5.41, 5.74) is 12.4. The molecule has 4 nitrogen and oxygen atoms in total. The van der Waals surface area contributed by atoms with E-state index in [0.717, 1.165) is 24.3 Å². The van der Waals surface area contributed by atoms with Crippen LogP contribution in [0.25, 0.3) is 0 Å². The van der Waals surface area contributed by atoms with Gasteiger partial charge in [0.05, 0.1) is 0 Å². The van der Waals surface area contributed by atoms with Gasteiger partial charge in [0.1, 0.15) is 11.1 Å². The molecule has 2 aliphatic heterocycles. The number of benzene rings is 4. The first-order chi connectivity index (χ1) is 19.5. The van der Waals surface area contributed by atoms with E-state index in [1.807, 2.05) is 0 Å². The first kappa shape index (κ1) is 27.8. The highest BCUT2D eigenvalue weighted by Gasteiger charge is 2.49. The average molecular weight is 532 g/mol. The molecule has 4 aromatic rings. The zero-order valence-electron chi connectivity index (χ0n) is 24.3.